The molecule has 0 aromatic heterocycles. The summed E-state index contributed by atoms with van der Waals surface area (Å²) in [4.78, 5) is 137. The van der Waals surface area contributed by atoms with E-state index in [0.717, 1.165) is 97.2 Å². The lowest BCUT2D eigenvalue weighted by molar-refractivity contribution is -0.276. The number of hydrogen-bond donors (Lipinski definition) is 16. The first-order valence-electron chi connectivity index (χ1n) is 38.6. The first-order chi connectivity index (χ1) is 55.3. The molecule has 15 bridgehead atoms. The maximum atomic E-state index is 16.4. The van der Waals surface area contributed by atoms with E-state index in [2.05, 4.69) is 37.2 Å². The Bertz CT molecular complexity index is 4890. The molecule has 0 radical (unpaired) electrons. The van der Waals surface area contributed by atoms with Crippen LogP contribution in [0, 0.1) is 50.4 Å². The van der Waals surface area contributed by atoms with Gasteiger partial charge in [0.05, 0.1) is 16.5 Å². The molecule has 6 heterocycles. The van der Waals surface area contributed by atoms with Gasteiger partial charge in [0, 0.05) is 30.3 Å². The summed E-state index contributed by atoms with van der Waals surface area (Å²) in [6.45, 7) is 13.3. The molecule has 14 atom stereocenters. The largest absolute Gasteiger partial charge is 0.508 e. The minimum Gasteiger partial charge on any atom is -0.508 e. The van der Waals surface area contributed by atoms with Crippen molar-refractivity contribution in [1.82, 2.24) is 42.1 Å². The minimum atomic E-state index is -2.35. The zero-order valence-electron chi connectivity index (χ0n) is 65.3. The van der Waals surface area contributed by atoms with Gasteiger partial charge < -0.3 is 112 Å². The molecule has 34 heteroatoms. The number of carbonyl (C=O) groups is 9. The Morgan fingerprint density at radius 1 is 0.624 bits per heavy atom. The van der Waals surface area contributed by atoms with Crippen LogP contribution in [0.2, 0.25) is 10.0 Å². The zero-order valence-corrected chi connectivity index (χ0v) is 66.9. The average Bonchev–Trinajstić information content (AvgIpc) is 0.767. The Morgan fingerprint density at radius 3 is 1.79 bits per heavy atom. The maximum absolute atomic E-state index is 16.4. The van der Waals surface area contributed by atoms with Gasteiger partial charge in [0.2, 0.25) is 59.3 Å². The molecular weight excluding hydrogens is 1560 g/mol. The standard InChI is InChI=1S/C83H95Cl2N9O23/c1-33(2)16-51(94(9)82(111)117-83(6,7)8)75(105)92-65-67(99)40-11-14-54(48(84)25-40)113-56-27-44-28-57(73(56)116-81-71(103)70(102)69(101)58(115-81)32-112-72-35(4)17-34(3)18-36(72)5)114-55-15-12-41(26-49(55)85)68(100)66-80(110)91-64(78(108)88-61-42-20-37-19-38(22-42)23-43(61)21-37)47-29-45(95)30-53(97)60(47)46-24-39(10-13-52(46)96)62(76(106)93-66)90-77(107)63(44)89-74(104)50(31-59(86)98)87-79(65)109/h10-15,17-18,24-30,33,37-38,42-43,50-51,58,61-71,81,95-97,99-103H,16,19-23,31-32H2,1-9H3,(H2,86,98)(H,87,109)(H,88,108)(H,89,104)(H,90,107)(H,91,110)(H,92,105)(H,93,106)/t37?,38?,42?,43?,50-,51+,58-,61?,62+,63+,64-,65+,66-,67+,68+,69-,70+,71-,81+/m0/s1. The number of fused-ring (bicyclic) bond motifs is 15. The molecule has 17 N–H and O–H groups in total. The number of aliphatic hydroxyl groups excluding tert-OH is 5. The number of aryl methyl sites for hydroxylation is 3. The average molecular weight is 1660 g/mol. The van der Waals surface area contributed by atoms with Gasteiger partial charge in [-0.2, -0.15) is 0 Å². The smallest absolute Gasteiger partial charge is 0.410 e. The summed E-state index contributed by atoms with van der Waals surface area (Å²) in [6, 6.07) is 3.50. The van der Waals surface area contributed by atoms with E-state index < -0.39 is 197 Å². The molecule has 16 rings (SSSR count). The highest BCUT2D eigenvalue weighted by Gasteiger charge is 2.51. The predicted molar refractivity (Wildman–Crippen MR) is 418 cm³/mol. The van der Waals surface area contributed by atoms with Crippen LogP contribution in [-0.4, -0.2) is 179 Å². The van der Waals surface area contributed by atoms with Crippen molar-refractivity contribution in [2.75, 3.05) is 13.7 Å². The molecule has 32 nitrogen and oxygen atoms in total. The van der Waals surface area contributed by atoms with Crippen LogP contribution in [0.1, 0.15) is 154 Å². The summed E-state index contributed by atoms with van der Waals surface area (Å²) in [5.74, 6) is -13.3. The molecule has 4 aliphatic carbocycles. The molecule has 10 aliphatic rings. The van der Waals surface area contributed by atoms with Crippen molar-refractivity contribution >= 4 is 76.6 Å². The fraction of sp³-hybridized carbons (Fsp3) is 0.458. The lowest BCUT2D eigenvalue weighted by Crippen LogP contribution is -2.60. The summed E-state index contributed by atoms with van der Waals surface area (Å²) in [6.07, 6.45) is -11.6. The summed E-state index contributed by atoms with van der Waals surface area (Å²) < 4.78 is 38.1. The van der Waals surface area contributed by atoms with E-state index in [1.807, 2.05) is 19.1 Å². The first kappa shape index (κ1) is 84.2. The molecule has 6 aromatic rings. The maximum Gasteiger partial charge on any atom is 0.410 e. The third kappa shape index (κ3) is 17.9. The number of primary amides is 1. The number of phenols is 3. The van der Waals surface area contributed by atoms with Gasteiger partial charge in [-0.1, -0.05) is 72.9 Å². The highest BCUT2D eigenvalue weighted by molar-refractivity contribution is 6.32. The number of carbonyl (C=O) groups excluding carboxylic acids is 9. The minimum absolute atomic E-state index is 0.0477. The van der Waals surface area contributed by atoms with Crippen molar-refractivity contribution in [3.05, 3.63) is 146 Å². The Balaban J connectivity index is 0.990. The second-order valence-electron chi connectivity index (χ2n) is 32.9. The van der Waals surface area contributed by atoms with Crippen LogP contribution >= 0.6 is 23.2 Å². The quantitative estimate of drug-likeness (QED) is 0.0562. The van der Waals surface area contributed by atoms with Crippen molar-refractivity contribution in [3.8, 4) is 62.9 Å². The van der Waals surface area contributed by atoms with Crippen LogP contribution in [0.3, 0.4) is 0 Å². The zero-order chi connectivity index (χ0) is 84.4. The number of likely N-dealkylation sites (N-methyl/N-ethyl adjacent to an activating group) is 1. The normalized spacial score (nSPS) is 27.8. The molecule has 1 saturated heterocycles. The van der Waals surface area contributed by atoms with Crippen LogP contribution < -0.4 is 61.9 Å². The number of rotatable bonds is 14. The Hall–Kier alpha value is -10.7. The third-order valence-electron chi connectivity index (χ3n) is 22.5. The number of ether oxygens (including phenoxy) is 6. The van der Waals surface area contributed by atoms with Gasteiger partial charge in [0.15, 0.2) is 11.5 Å². The Labute approximate surface area is 682 Å². The second-order valence-corrected chi connectivity index (χ2v) is 33.7. The molecule has 0 unspecified atom stereocenters. The number of halogens is 2. The van der Waals surface area contributed by atoms with E-state index in [0.29, 0.717) is 28.7 Å². The van der Waals surface area contributed by atoms with Gasteiger partial charge in [-0.05, 0) is 203 Å². The number of aliphatic hydroxyl groups is 5. The van der Waals surface area contributed by atoms with E-state index in [1.54, 1.807) is 48.5 Å². The van der Waals surface area contributed by atoms with E-state index in [4.69, 9.17) is 57.4 Å². The van der Waals surface area contributed by atoms with Crippen molar-refractivity contribution < 1.29 is 112 Å². The van der Waals surface area contributed by atoms with Crippen molar-refractivity contribution in [2.24, 2.45) is 35.3 Å². The van der Waals surface area contributed by atoms with Gasteiger partial charge >= 0.3 is 6.09 Å². The molecule has 117 heavy (non-hydrogen) atoms. The Kier molecular flexibility index (Phi) is 24.3. The van der Waals surface area contributed by atoms with E-state index in [9.17, 15) is 55.2 Å². The third-order valence-corrected chi connectivity index (χ3v) is 23.1. The lowest BCUT2D eigenvalue weighted by atomic mass is 9.54. The van der Waals surface area contributed by atoms with Gasteiger partial charge in [0.1, 0.15) is 126 Å². The van der Waals surface area contributed by atoms with Crippen LogP contribution in [-0.2, 0) is 47.8 Å². The van der Waals surface area contributed by atoms with Crippen LogP contribution in [0.4, 0.5) is 4.79 Å². The van der Waals surface area contributed by atoms with E-state index in [-0.39, 0.29) is 85.1 Å². The van der Waals surface area contributed by atoms with E-state index in [1.165, 1.54) is 31.3 Å². The van der Waals surface area contributed by atoms with Crippen molar-refractivity contribution in [1.29, 1.82) is 0 Å². The highest BCUT2D eigenvalue weighted by Crippen LogP contribution is 2.55. The van der Waals surface area contributed by atoms with Crippen LogP contribution in [0.5, 0.6) is 51.7 Å². The number of nitrogens with one attached hydrogen (secondary N) is 7. The van der Waals surface area contributed by atoms with Gasteiger partial charge in [0.25, 0.3) is 0 Å². The van der Waals surface area contributed by atoms with Gasteiger partial charge in [-0.3, -0.25) is 43.3 Å². The summed E-state index contributed by atoms with van der Waals surface area (Å²) >= 11 is 14.4. The number of nitrogens with zero attached hydrogens (tertiary/aromatic N) is 1. The number of hydrogen-bond acceptors (Lipinski definition) is 23. The molecule has 9 amide bonds. The number of benzene rings is 6. The number of aromatic hydroxyl groups is 3. The summed E-state index contributed by atoms with van der Waals surface area (Å²) in [5.41, 5.74) is 4.99. The summed E-state index contributed by atoms with van der Waals surface area (Å²) in [7, 11) is 1.28. The monoisotopic (exact) mass is 1660 g/mol. The Morgan fingerprint density at radius 2 is 1.21 bits per heavy atom. The van der Waals surface area contributed by atoms with Gasteiger partial charge in [-0.25, -0.2) is 4.79 Å². The fourth-order valence-electron chi connectivity index (χ4n) is 17.2. The topological polar surface area (TPSA) is 484 Å². The summed E-state index contributed by atoms with van der Waals surface area (Å²) in [5, 5.41) is 114. The lowest BCUT2D eigenvalue weighted by Gasteiger charge is -2.54. The highest BCUT2D eigenvalue weighted by atomic mass is 35.5. The number of nitrogens with two attached hydrogens (primary N) is 1. The second kappa shape index (κ2) is 33.7. The molecule has 4 saturated carbocycles. The van der Waals surface area contributed by atoms with Crippen LogP contribution in [0.15, 0.2) is 91.0 Å². The number of phenolic OH excluding ortho intramolecular Hbond substituents is 3. The van der Waals surface area contributed by atoms with Crippen LogP contribution in [0.25, 0.3) is 11.1 Å². The molecule has 5 fully saturated rings. The molecule has 624 valence electrons. The fourth-order valence-corrected chi connectivity index (χ4v) is 17.7. The SMILES string of the molecule is Cc1cc(C)c(OC[C@@H]2O[C@H](Oc3c4cc5cc3Oc3ccc(cc3Cl)[C@@H](O)[C@@H](NC(=O)[C@@H](CC(C)C)N(C)C(=O)OC(C)(C)C)C(=O)N[C@@H](CC(N)=O)C(=O)N[C@H]5C(=O)N[C@H]3C(=O)N[C@H](C(=O)N[C@H](C(=O)NC5C6CC7CC(C6)CC5C7)c5cc(O)cc(O)c5-c5cc3ccc5O)[C@H](O)c3ccc(c(Cl)c3)O4)[C@@H](O)[C@H](O)[C@H]2O)c(C)c1. The number of amides is 9. The molecular formula is C83H95Cl2N9O23. The van der Waals surface area contributed by atoms with Crippen molar-refractivity contribution in [3.63, 3.8) is 0 Å². The molecule has 0 spiro atoms. The first-order valence-corrected chi connectivity index (χ1v) is 39.3. The van der Waals surface area contributed by atoms with E-state index >= 15 is 28.8 Å². The molecule has 6 aliphatic heterocycles. The van der Waals surface area contributed by atoms with Crippen molar-refractivity contribution in [2.45, 2.75) is 197 Å². The molecule has 6 aromatic carbocycles. The van der Waals surface area contributed by atoms with Gasteiger partial charge in [-0.15, -0.1) is 0 Å². The predicted octanol–water partition coefficient (Wildman–Crippen LogP) is 6.38.